The molecule has 5 nitrogen and oxygen atoms in total. The fourth-order valence-electron chi connectivity index (χ4n) is 2.92. The zero-order chi connectivity index (χ0) is 17.0. The fourth-order valence-corrected chi connectivity index (χ4v) is 3.21. The molecule has 23 heavy (non-hydrogen) atoms. The third kappa shape index (κ3) is 4.03. The molecule has 0 unspecified atom stereocenters. The van der Waals surface area contributed by atoms with Gasteiger partial charge in [0.1, 0.15) is 0 Å². The Balaban J connectivity index is 2.19. The van der Waals surface area contributed by atoms with E-state index in [1.165, 1.54) is 4.90 Å². The van der Waals surface area contributed by atoms with Crippen molar-refractivity contribution in [3.8, 4) is 0 Å². The zero-order valence-corrected chi connectivity index (χ0v) is 14.3. The molecule has 6 heteroatoms. The molecule has 0 spiro atoms. The van der Waals surface area contributed by atoms with E-state index in [0.717, 1.165) is 17.5 Å². The van der Waals surface area contributed by atoms with Crippen molar-refractivity contribution in [2.75, 3.05) is 18.4 Å². The summed E-state index contributed by atoms with van der Waals surface area (Å²) in [5, 5.41) is 13.0. The van der Waals surface area contributed by atoms with Crippen LogP contribution >= 0.6 is 11.6 Å². The Morgan fingerprint density at radius 3 is 2.70 bits per heavy atom. The average Bonchev–Trinajstić information content (AvgIpc) is 2.54. The molecule has 1 heterocycles. The highest BCUT2D eigenvalue weighted by Crippen LogP contribution is 2.29. The number of nitrogens with one attached hydrogen (secondary N) is 1. The van der Waals surface area contributed by atoms with E-state index in [0.29, 0.717) is 36.5 Å². The maximum atomic E-state index is 12.3. The van der Waals surface area contributed by atoms with Crippen LogP contribution in [0.3, 0.4) is 0 Å². The van der Waals surface area contributed by atoms with Gasteiger partial charge in [0.15, 0.2) is 0 Å². The molecule has 1 aromatic rings. The molecular weight excluding hydrogens is 316 g/mol. The zero-order valence-electron chi connectivity index (χ0n) is 13.6. The average molecular weight is 339 g/mol. The number of halogens is 1. The molecule has 1 aliphatic rings. The number of anilines is 1. The van der Waals surface area contributed by atoms with E-state index in [-0.39, 0.29) is 6.54 Å². The van der Waals surface area contributed by atoms with Crippen LogP contribution in [0.2, 0.25) is 5.02 Å². The minimum atomic E-state index is -0.675. The van der Waals surface area contributed by atoms with E-state index in [1.54, 1.807) is 0 Å². The standard InChI is InChI=1S/C17H23ClN2O3/c1-3-11-7-8-14(18)13(4-2)15(11)19-16(22)17(23)20-9-5-6-12(21)10-20/h7-8,12,21H,3-6,9-10H2,1-2H3,(H,19,22)/t12-/m1/s1. The normalized spacial score (nSPS) is 17.9. The quantitative estimate of drug-likeness (QED) is 0.831. The van der Waals surface area contributed by atoms with Crippen LogP contribution in [0.25, 0.3) is 0 Å². The molecule has 1 aliphatic heterocycles. The Hall–Kier alpha value is -1.59. The summed E-state index contributed by atoms with van der Waals surface area (Å²) in [7, 11) is 0. The third-order valence-corrected chi connectivity index (χ3v) is 4.55. The van der Waals surface area contributed by atoms with Crippen molar-refractivity contribution < 1.29 is 14.7 Å². The Morgan fingerprint density at radius 1 is 1.35 bits per heavy atom. The first-order valence-corrected chi connectivity index (χ1v) is 8.44. The second-order valence-corrected chi connectivity index (χ2v) is 6.18. The lowest BCUT2D eigenvalue weighted by atomic mass is 10.0. The van der Waals surface area contributed by atoms with Crippen molar-refractivity contribution in [1.82, 2.24) is 4.90 Å². The van der Waals surface area contributed by atoms with Crippen LogP contribution < -0.4 is 5.32 Å². The number of carbonyl (C=O) groups is 2. The summed E-state index contributed by atoms with van der Waals surface area (Å²) in [6.07, 6.45) is 2.22. The number of amides is 2. The largest absolute Gasteiger partial charge is 0.391 e. The molecule has 1 fully saturated rings. The lowest BCUT2D eigenvalue weighted by Gasteiger charge is -2.29. The number of hydrogen-bond donors (Lipinski definition) is 2. The summed E-state index contributed by atoms with van der Waals surface area (Å²) in [4.78, 5) is 26.0. The van der Waals surface area contributed by atoms with Gasteiger partial charge in [0.2, 0.25) is 0 Å². The SMILES string of the molecule is CCc1ccc(Cl)c(CC)c1NC(=O)C(=O)N1CCC[C@@H](O)C1. The highest BCUT2D eigenvalue weighted by molar-refractivity contribution is 6.40. The maximum absolute atomic E-state index is 12.3. The molecule has 1 saturated heterocycles. The van der Waals surface area contributed by atoms with Gasteiger partial charge in [-0.1, -0.05) is 31.5 Å². The van der Waals surface area contributed by atoms with E-state index in [2.05, 4.69) is 5.32 Å². The van der Waals surface area contributed by atoms with E-state index < -0.39 is 17.9 Å². The Bertz CT molecular complexity index is 604. The van der Waals surface area contributed by atoms with Gasteiger partial charge < -0.3 is 15.3 Å². The third-order valence-electron chi connectivity index (χ3n) is 4.19. The van der Waals surface area contributed by atoms with Crippen LogP contribution in [-0.2, 0) is 22.4 Å². The number of rotatable bonds is 3. The predicted octanol–water partition coefficient (Wildman–Crippen LogP) is 2.39. The Kier molecular flexibility index (Phi) is 6.02. The van der Waals surface area contributed by atoms with Gasteiger partial charge in [0.05, 0.1) is 6.10 Å². The molecule has 0 saturated carbocycles. The molecule has 1 aromatic carbocycles. The number of likely N-dealkylation sites (tertiary alicyclic amines) is 1. The molecule has 2 amide bonds. The van der Waals surface area contributed by atoms with Crippen LogP contribution in [0.4, 0.5) is 5.69 Å². The highest BCUT2D eigenvalue weighted by Gasteiger charge is 2.27. The first-order chi connectivity index (χ1) is 11.0. The lowest BCUT2D eigenvalue weighted by Crippen LogP contribution is -2.46. The second-order valence-electron chi connectivity index (χ2n) is 5.77. The van der Waals surface area contributed by atoms with Crippen molar-refractivity contribution >= 4 is 29.1 Å². The predicted molar refractivity (Wildman–Crippen MR) is 90.7 cm³/mol. The molecule has 0 bridgehead atoms. The summed E-state index contributed by atoms with van der Waals surface area (Å²) < 4.78 is 0. The molecule has 126 valence electrons. The van der Waals surface area contributed by atoms with E-state index in [1.807, 2.05) is 26.0 Å². The topological polar surface area (TPSA) is 69.6 Å². The van der Waals surface area contributed by atoms with Crippen molar-refractivity contribution in [2.45, 2.75) is 45.6 Å². The molecule has 0 radical (unpaired) electrons. The van der Waals surface area contributed by atoms with Crippen LogP contribution in [0.1, 0.15) is 37.8 Å². The van der Waals surface area contributed by atoms with Gasteiger partial charge in [-0.3, -0.25) is 9.59 Å². The fraction of sp³-hybridized carbons (Fsp3) is 0.529. The van der Waals surface area contributed by atoms with Crippen molar-refractivity contribution in [2.24, 2.45) is 0 Å². The lowest BCUT2D eigenvalue weighted by molar-refractivity contribution is -0.145. The van der Waals surface area contributed by atoms with Gasteiger partial charge in [-0.15, -0.1) is 0 Å². The van der Waals surface area contributed by atoms with Crippen LogP contribution in [0.5, 0.6) is 0 Å². The van der Waals surface area contributed by atoms with E-state index in [4.69, 9.17) is 11.6 Å². The minimum absolute atomic E-state index is 0.211. The number of aryl methyl sites for hydroxylation is 1. The van der Waals surface area contributed by atoms with Gasteiger partial charge in [-0.25, -0.2) is 0 Å². The molecular formula is C17H23ClN2O3. The molecule has 0 aromatic heterocycles. The number of carbonyl (C=O) groups excluding carboxylic acids is 2. The van der Waals surface area contributed by atoms with Gasteiger partial charge in [0, 0.05) is 23.8 Å². The van der Waals surface area contributed by atoms with Gasteiger partial charge in [-0.05, 0) is 42.9 Å². The van der Waals surface area contributed by atoms with Crippen molar-refractivity contribution in [3.05, 3.63) is 28.3 Å². The highest BCUT2D eigenvalue weighted by atomic mass is 35.5. The minimum Gasteiger partial charge on any atom is -0.391 e. The summed E-state index contributed by atoms with van der Waals surface area (Å²) >= 11 is 6.21. The Labute approximate surface area is 141 Å². The number of nitrogens with zero attached hydrogens (tertiary/aromatic N) is 1. The summed E-state index contributed by atoms with van der Waals surface area (Å²) in [6.45, 7) is 4.66. The van der Waals surface area contributed by atoms with E-state index in [9.17, 15) is 14.7 Å². The van der Waals surface area contributed by atoms with Crippen molar-refractivity contribution in [3.63, 3.8) is 0 Å². The first-order valence-electron chi connectivity index (χ1n) is 8.06. The maximum Gasteiger partial charge on any atom is 0.313 e. The number of aliphatic hydroxyl groups is 1. The van der Waals surface area contributed by atoms with E-state index >= 15 is 0 Å². The second kappa shape index (κ2) is 7.79. The number of hydrogen-bond acceptors (Lipinski definition) is 3. The number of β-amino-alcohol motifs (C(OH)–C–C–N with tert-alkyl or cyclic N) is 1. The number of piperidine rings is 1. The van der Waals surface area contributed by atoms with Crippen LogP contribution in [0.15, 0.2) is 12.1 Å². The number of benzene rings is 1. The first kappa shape index (κ1) is 17.8. The summed E-state index contributed by atoms with van der Waals surface area (Å²) in [5.74, 6) is -1.28. The van der Waals surface area contributed by atoms with Gasteiger partial charge in [-0.2, -0.15) is 0 Å². The Morgan fingerprint density at radius 2 is 2.09 bits per heavy atom. The monoisotopic (exact) mass is 338 g/mol. The molecule has 0 aliphatic carbocycles. The number of aliphatic hydroxyl groups excluding tert-OH is 1. The molecule has 2 rings (SSSR count). The van der Waals surface area contributed by atoms with Crippen molar-refractivity contribution in [1.29, 1.82) is 0 Å². The molecule has 1 atom stereocenters. The molecule has 2 N–H and O–H groups in total. The smallest absolute Gasteiger partial charge is 0.313 e. The van der Waals surface area contributed by atoms with Gasteiger partial charge >= 0.3 is 11.8 Å². The van der Waals surface area contributed by atoms with Crippen LogP contribution in [0, 0.1) is 0 Å². The summed E-state index contributed by atoms with van der Waals surface area (Å²) in [6, 6.07) is 3.68. The summed E-state index contributed by atoms with van der Waals surface area (Å²) in [5.41, 5.74) is 2.43. The van der Waals surface area contributed by atoms with Crippen LogP contribution in [-0.4, -0.2) is 41.0 Å². The van der Waals surface area contributed by atoms with Gasteiger partial charge in [0.25, 0.3) is 0 Å².